The van der Waals surface area contributed by atoms with Crippen molar-refractivity contribution in [2.75, 3.05) is 33.4 Å². The van der Waals surface area contributed by atoms with Crippen molar-refractivity contribution >= 4 is 14.8 Å². The zero-order chi connectivity index (χ0) is 14.0. The van der Waals surface area contributed by atoms with Gasteiger partial charge in [-0.15, -0.1) is 0 Å². The van der Waals surface area contributed by atoms with Crippen LogP contribution in [0, 0.1) is 0 Å². The number of rotatable bonds is 10. The standard InChI is InChI=1S/C11H26N2O4Si/c1-5-15-18(16-6-2,17-7-3)10-8-9-13(4)11(12)14/h5-10H2,1-4H3,(H2,12,14). The van der Waals surface area contributed by atoms with Crippen LogP contribution in [0.15, 0.2) is 0 Å². The first-order chi connectivity index (χ1) is 8.51. The molecule has 0 rings (SSSR count). The van der Waals surface area contributed by atoms with Gasteiger partial charge in [0.2, 0.25) is 0 Å². The molecule has 0 atom stereocenters. The minimum Gasteiger partial charge on any atom is -0.374 e. The second-order valence-corrected chi connectivity index (χ2v) is 6.58. The average Bonchev–Trinajstić information content (AvgIpc) is 2.29. The van der Waals surface area contributed by atoms with Crippen LogP contribution in [-0.2, 0) is 13.3 Å². The Kier molecular flexibility index (Phi) is 8.99. The molecule has 6 nitrogen and oxygen atoms in total. The summed E-state index contributed by atoms with van der Waals surface area (Å²) in [4.78, 5) is 12.4. The molecule has 0 aliphatic carbocycles. The predicted octanol–water partition coefficient (Wildman–Crippen LogP) is 1.44. The van der Waals surface area contributed by atoms with Gasteiger partial charge in [-0.2, -0.15) is 0 Å². The van der Waals surface area contributed by atoms with Gasteiger partial charge < -0.3 is 23.9 Å². The molecule has 0 aliphatic heterocycles. The molecule has 0 saturated carbocycles. The first-order valence-electron chi connectivity index (χ1n) is 6.43. The number of urea groups is 1. The summed E-state index contributed by atoms with van der Waals surface area (Å²) >= 11 is 0. The van der Waals surface area contributed by atoms with Crippen LogP contribution in [-0.4, -0.2) is 53.1 Å². The Morgan fingerprint density at radius 1 is 1.11 bits per heavy atom. The summed E-state index contributed by atoms with van der Waals surface area (Å²) in [5.41, 5.74) is 5.17. The van der Waals surface area contributed by atoms with Crippen LogP contribution in [0.4, 0.5) is 4.79 Å². The molecule has 0 aromatic rings. The van der Waals surface area contributed by atoms with Crippen LogP contribution in [0.2, 0.25) is 6.04 Å². The molecule has 0 aromatic carbocycles. The summed E-state index contributed by atoms with van der Waals surface area (Å²) in [5.74, 6) is 0. The highest BCUT2D eigenvalue weighted by molar-refractivity contribution is 6.60. The van der Waals surface area contributed by atoms with E-state index < -0.39 is 14.8 Å². The molecule has 18 heavy (non-hydrogen) atoms. The lowest BCUT2D eigenvalue weighted by Crippen LogP contribution is -2.46. The topological polar surface area (TPSA) is 74.0 Å². The number of amides is 2. The molecule has 0 bridgehead atoms. The smallest absolute Gasteiger partial charge is 0.374 e. The molecule has 0 unspecified atom stereocenters. The third-order valence-electron chi connectivity index (χ3n) is 2.45. The molecule has 0 heterocycles. The summed E-state index contributed by atoms with van der Waals surface area (Å²) in [5, 5.41) is 0. The fraction of sp³-hybridized carbons (Fsp3) is 0.909. The average molecular weight is 278 g/mol. The number of nitrogens with zero attached hydrogens (tertiary/aromatic N) is 1. The number of hydrogen-bond acceptors (Lipinski definition) is 4. The zero-order valence-corrected chi connectivity index (χ0v) is 12.9. The summed E-state index contributed by atoms with van der Waals surface area (Å²) in [7, 11) is -0.902. The monoisotopic (exact) mass is 278 g/mol. The van der Waals surface area contributed by atoms with Crippen LogP contribution in [0.3, 0.4) is 0 Å². The number of carbonyl (C=O) groups is 1. The third kappa shape index (κ3) is 6.34. The molecule has 0 radical (unpaired) electrons. The minimum absolute atomic E-state index is 0.425. The van der Waals surface area contributed by atoms with Gasteiger partial charge in [0.1, 0.15) is 0 Å². The van der Waals surface area contributed by atoms with Gasteiger partial charge in [-0.05, 0) is 27.2 Å². The first kappa shape index (κ1) is 17.4. The van der Waals surface area contributed by atoms with Crippen molar-refractivity contribution in [3.05, 3.63) is 0 Å². The van der Waals surface area contributed by atoms with Gasteiger partial charge in [0.05, 0.1) is 0 Å². The molecule has 0 fully saturated rings. The Labute approximate surface area is 111 Å². The minimum atomic E-state index is -2.58. The highest BCUT2D eigenvalue weighted by Crippen LogP contribution is 2.18. The fourth-order valence-corrected chi connectivity index (χ4v) is 4.24. The molecule has 0 aliphatic rings. The zero-order valence-electron chi connectivity index (χ0n) is 11.9. The maximum Gasteiger partial charge on any atom is 0.500 e. The van der Waals surface area contributed by atoms with Gasteiger partial charge in [-0.3, -0.25) is 0 Å². The molecule has 0 aromatic heterocycles. The Hall–Kier alpha value is -0.633. The van der Waals surface area contributed by atoms with Gasteiger partial charge in [0, 0.05) is 39.5 Å². The van der Waals surface area contributed by atoms with Crippen molar-refractivity contribution in [3.63, 3.8) is 0 Å². The van der Waals surface area contributed by atoms with Crippen molar-refractivity contribution in [1.82, 2.24) is 4.90 Å². The van der Waals surface area contributed by atoms with Crippen molar-refractivity contribution in [2.24, 2.45) is 5.73 Å². The molecular formula is C11H26N2O4Si. The second-order valence-electron chi connectivity index (χ2n) is 3.85. The third-order valence-corrected chi connectivity index (χ3v) is 5.60. The van der Waals surface area contributed by atoms with Gasteiger partial charge in [-0.25, -0.2) is 4.79 Å². The lowest BCUT2D eigenvalue weighted by atomic mass is 10.4. The quantitative estimate of drug-likeness (QED) is 0.614. The molecular weight excluding hydrogens is 252 g/mol. The summed E-state index contributed by atoms with van der Waals surface area (Å²) in [6, 6.07) is 0.270. The van der Waals surface area contributed by atoms with Crippen molar-refractivity contribution in [3.8, 4) is 0 Å². The van der Waals surface area contributed by atoms with E-state index >= 15 is 0 Å². The summed E-state index contributed by atoms with van der Waals surface area (Å²) < 4.78 is 17.1. The lowest BCUT2D eigenvalue weighted by Gasteiger charge is -2.29. The molecule has 2 N–H and O–H groups in total. The molecule has 108 valence electrons. The van der Waals surface area contributed by atoms with E-state index in [1.165, 1.54) is 4.90 Å². The van der Waals surface area contributed by atoms with Crippen LogP contribution in [0.5, 0.6) is 0 Å². The number of nitrogens with two attached hydrogens (primary N) is 1. The largest absolute Gasteiger partial charge is 0.500 e. The van der Waals surface area contributed by atoms with Crippen molar-refractivity contribution < 1.29 is 18.1 Å². The summed E-state index contributed by atoms with van der Waals surface area (Å²) in [6.45, 7) is 8.06. The lowest BCUT2D eigenvalue weighted by molar-refractivity contribution is 0.0703. The number of hydrogen-bond donors (Lipinski definition) is 1. The second kappa shape index (κ2) is 9.32. The maximum absolute atomic E-state index is 10.9. The Bertz CT molecular complexity index is 224. The van der Waals surface area contributed by atoms with Gasteiger partial charge in [0.25, 0.3) is 0 Å². The van der Waals surface area contributed by atoms with Gasteiger partial charge in [0.15, 0.2) is 0 Å². The predicted molar refractivity (Wildman–Crippen MR) is 72.3 cm³/mol. The van der Waals surface area contributed by atoms with E-state index in [-0.39, 0.29) is 0 Å². The number of primary amides is 1. The van der Waals surface area contributed by atoms with Crippen molar-refractivity contribution in [2.45, 2.75) is 33.2 Å². The van der Waals surface area contributed by atoms with Crippen LogP contribution >= 0.6 is 0 Å². The highest BCUT2D eigenvalue weighted by Gasteiger charge is 2.39. The van der Waals surface area contributed by atoms with Crippen LogP contribution in [0.25, 0.3) is 0 Å². The van der Waals surface area contributed by atoms with Crippen LogP contribution < -0.4 is 5.73 Å². The SMILES string of the molecule is CCO[Si](CCCN(C)C(N)=O)(OCC)OCC. The fourth-order valence-electron chi connectivity index (χ4n) is 1.64. The molecule has 7 heteroatoms. The first-order valence-corrected chi connectivity index (χ1v) is 8.36. The Balaban J connectivity index is 4.33. The van der Waals surface area contributed by atoms with Gasteiger partial charge in [-0.1, -0.05) is 0 Å². The Morgan fingerprint density at radius 2 is 1.56 bits per heavy atom. The highest BCUT2D eigenvalue weighted by atomic mass is 28.4. The van der Waals surface area contributed by atoms with E-state index in [2.05, 4.69) is 0 Å². The van der Waals surface area contributed by atoms with E-state index in [9.17, 15) is 4.79 Å². The molecule has 0 saturated heterocycles. The normalized spacial score (nSPS) is 11.6. The maximum atomic E-state index is 10.9. The van der Waals surface area contributed by atoms with E-state index in [0.717, 1.165) is 6.42 Å². The number of carbonyl (C=O) groups excluding carboxylic acids is 1. The Morgan fingerprint density at radius 3 is 1.89 bits per heavy atom. The van der Waals surface area contributed by atoms with E-state index in [1.54, 1.807) is 7.05 Å². The van der Waals surface area contributed by atoms with E-state index in [0.29, 0.717) is 32.4 Å². The van der Waals surface area contributed by atoms with E-state index in [1.807, 2.05) is 20.8 Å². The van der Waals surface area contributed by atoms with E-state index in [4.69, 9.17) is 19.0 Å². The van der Waals surface area contributed by atoms with Gasteiger partial charge >= 0.3 is 14.8 Å². The molecule has 0 spiro atoms. The van der Waals surface area contributed by atoms with Crippen molar-refractivity contribution in [1.29, 1.82) is 0 Å². The molecule has 2 amide bonds. The summed E-state index contributed by atoms with van der Waals surface area (Å²) in [6.07, 6.45) is 0.756. The van der Waals surface area contributed by atoms with Crippen LogP contribution in [0.1, 0.15) is 27.2 Å².